The van der Waals surface area contributed by atoms with Crippen LogP contribution in [0.25, 0.3) is 6.08 Å². The van der Waals surface area contributed by atoms with Crippen molar-refractivity contribution < 1.29 is 18.7 Å². The van der Waals surface area contributed by atoms with Crippen LogP contribution in [0.15, 0.2) is 85.0 Å². The number of allylic oxidation sites excluding steroid dienone is 1. The van der Waals surface area contributed by atoms with Gasteiger partial charge in [0.2, 0.25) is 0 Å². The molecular formula is C32H32FN3O3. The maximum absolute atomic E-state index is 13.6. The molecule has 0 aromatic heterocycles. The van der Waals surface area contributed by atoms with Crippen LogP contribution in [0.5, 0.6) is 11.5 Å². The van der Waals surface area contributed by atoms with Crippen LogP contribution in [0.4, 0.5) is 10.1 Å². The maximum atomic E-state index is 13.6. The van der Waals surface area contributed by atoms with Gasteiger partial charge in [-0.15, -0.1) is 6.58 Å². The Hall–Kier alpha value is -4.57. The lowest BCUT2D eigenvalue weighted by Gasteiger charge is -2.36. The fourth-order valence-corrected chi connectivity index (χ4v) is 4.57. The van der Waals surface area contributed by atoms with Gasteiger partial charge in [-0.05, 0) is 66.9 Å². The van der Waals surface area contributed by atoms with Gasteiger partial charge < -0.3 is 19.3 Å². The molecule has 3 aromatic rings. The lowest BCUT2D eigenvalue weighted by Crippen LogP contribution is -2.49. The second kappa shape index (κ2) is 13.3. The Balaban J connectivity index is 1.55. The normalized spacial score (nSPS) is 13.5. The van der Waals surface area contributed by atoms with Gasteiger partial charge in [0.15, 0.2) is 11.5 Å². The number of carbonyl (C=O) groups excluding carboxylic acids is 1. The number of halogens is 1. The number of hydrogen-bond acceptors (Lipinski definition) is 5. The van der Waals surface area contributed by atoms with Gasteiger partial charge in [0, 0.05) is 37.4 Å². The molecule has 1 fully saturated rings. The first-order chi connectivity index (χ1) is 19.0. The second-order valence-electron chi connectivity index (χ2n) is 9.14. The molecule has 4 rings (SSSR count). The summed E-state index contributed by atoms with van der Waals surface area (Å²) in [6.45, 7) is 8.73. The Morgan fingerprint density at radius 3 is 2.49 bits per heavy atom. The third kappa shape index (κ3) is 7.05. The van der Waals surface area contributed by atoms with E-state index in [1.54, 1.807) is 35.3 Å². The number of anilines is 1. The number of piperazine rings is 1. The average Bonchev–Trinajstić information content (AvgIpc) is 2.96. The summed E-state index contributed by atoms with van der Waals surface area (Å²) in [4.78, 5) is 17.2. The summed E-state index contributed by atoms with van der Waals surface area (Å²) >= 11 is 0. The zero-order valence-corrected chi connectivity index (χ0v) is 22.1. The molecular weight excluding hydrogens is 493 g/mol. The smallest absolute Gasteiger partial charge is 0.264 e. The second-order valence-corrected chi connectivity index (χ2v) is 9.14. The maximum Gasteiger partial charge on any atom is 0.264 e. The van der Waals surface area contributed by atoms with Crippen molar-refractivity contribution in [3.63, 3.8) is 0 Å². The Bertz CT molecular complexity index is 1370. The number of nitriles is 1. The number of para-hydroxylation sites is 1. The lowest BCUT2D eigenvalue weighted by molar-refractivity contribution is -0.126. The van der Waals surface area contributed by atoms with E-state index >= 15 is 0 Å². The Morgan fingerprint density at radius 2 is 1.82 bits per heavy atom. The molecule has 0 radical (unpaired) electrons. The lowest BCUT2D eigenvalue weighted by atomic mass is 10.0. The highest BCUT2D eigenvalue weighted by Gasteiger charge is 2.24. The quantitative estimate of drug-likeness (QED) is 0.191. The summed E-state index contributed by atoms with van der Waals surface area (Å²) in [6, 6.07) is 22.0. The predicted molar refractivity (Wildman–Crippen MR) is 151 cm³/mol. The molecule has 0 unspecified atom stereocenters. The van der Waals surface area contributed by atoms with E-state index in [9.17, 15) is 14.4 Å². The number of hydrogen-bond donors (Lipinski definition) is 0. The number of rotatable bonds is 10. The first-order valence-electron chi connectivity index (χ1n) is 13.0. The summed E-state index contributed by atoms with van der Waals surface area (Å²) in [7, 11) is 0. The van der Waals surface area contributed by atoms with Crippen molar-refractivity contribution in [3.05, 3.63) is 107 Å². The molecule has 7 heteroatoms. The van der Waals surface area contributed by atoms with Crippen molar-refractivity contribution >= 4 is 17.7 Å². The van der Waals surface area contributed by atoms with E-state index in [2.05, 4.69) is 29.7 Å². The fourth-order valence-electron chi connectivity index (χ4n) is 4.57. The molecule has 0 N–H and O–H groups in total. The Labute approximate surface area is 229 Å². The van der Waals surface area contributed by atoms with Crippen molar-refractivity contribution in [2.45, 2.75) is 20.0 Å². The van der Waals surface area contributed by atoms with Crippen molar-refractivity contribution in [2.75, 3.05) is 37.7 Å². The number of benzene rings is 3. The largest absolute Gasteiger partial charge is 0.490 e. The van der Waals surface area contributed by atoms with Crippen molar-refractivity contribution in [1.29, 1.82) is 5.26 Å². The number of carbonyl (C=O) groups is 1. The Morgan fingerprint density at radius 1 is 1.05 bits per heavy atom. The van der Waals surface area contributed by atoms with Gasteiger partial charge in [-0.2, -0.15) is 5.26 Å². The zero-order valence-electron chi connectivity index (χ0n) is 22.1. The molecule has 6 nitrogen and oxygen atoms in total. The molecule has 0 saturated carbocycles. The summed E-state index contributed by atoms with van der Waals surface area (Å²) in [5.74, 6) is 0.392. The van der Waals surface area contributed by atoms with E-state index in [0.29, 0.717) is 61.8 Å². The summed E-state index contributed by atoms with van der Waals surface area (Å²) < 4.78 is 25.6. The van der Waals surface area contributed by atoms with Crippen LogP contribution in [0.2, 0.25) is 0 Å². The molecule has 0 atom stereocenters. The standard InChI is InChI=1S/C32H32FN3O3/c1-3-9-26-18-25(21-30(38-4-2)31(26)39-23-24-10-8-11-28(33)20-24)19-27(22-34)32(37)36-16-14-35(15-17-36)29-12-6-5-7-13-29/h3,5-8,10-13,18-21H,1,4,9,14-17,23H2,2H3/b27-19-. The minimum atomic E-state index is -0.330. The van der Waals surface area contributed by atoms with Gasteiger partial charge in [0.1, 0.15) is 24.1 Å². The third-order valence-corrected chi connectivity index (χ3v) is 6.44. The monoisotopic (exact) mass is 525 g/mol. The number of nitrogens with zero attached hydrogens (tertiary/aromatic N) is 3. The van der Waals surface area contributed by atoms with Crippen LogP contribution >= 0.6 is 0 Å². The van der Waals surface area contributed by atoms with Gasteiger partial charge in [-0.1, -0.05) is 36.4 Å². The first kappa shape index (κ1) is 27.5. The molecule has 3 aromatic carbocycles. The van der Waals surface area contributed by atoms with E-state index in [-0.39, 0.29) is 23.9 Å². The van der Waals surface area contributed by atoms with E-state index in [1.807, 2.05) is 31.2 Å². The van der Waals surface area contributed by atoms with Crippen LogP contribution in [-0.4, -0.2) is 43.6 Å². The molecule has 1 heterocycles. The molecule has 1 amide bonds. The molecule has 0 bridgehead atoms. The predicted octanol–water partition coefficient (Wildman–Crippen LogP) is 5.79. The van der Waals surface area contributed by atoms with E-state index in [1.165, 1.54) is 12.1 Å². The molecule has 1 aliphatic heterocycles. The van der Waals surface area contributed by atoms with Crippen LogP contribution in [0, 0.1) is 17.1 Å². The fraction of sp³-hybridized carbons (Fsp3) is 0.250. The molecule has 1 saturated heterocycles. The van der Waals surface area contributed by atoms with Gasteiger partial charge in [-0.25, -0.2) is 4.39 Å². The summed E-state index contributed by atoms with van der Waals surface area (Å²) in [5, 5.41) is 9.87. The molecule has 200 valence electrons. The minimum absolute atomic E-state index is 0.0589. The molecule has 39 heavy (non-hydrogen) atoms. The summed E-state index contributed by atoms with van der Waals surface area (Å²) in [6.07, 6.45) is 3.82. The first-order valence-corrected chi connectivity index (χ1v) is 13.0. The van der Waals surface area contributed by atoms with E-state index < -0.39 is 0 Å². The number of amides is 1. The van der Waals surface area contributed by atoms with E-state index in [4.69, 9.17) is 9.47 Å². The van der Waals surface area contributed by atoms with Crippen molar-refractivity contribution in [2.24, 2.45) is 0 Å². The van der Waals surface area contributed by atoms with Crippen molar-refractivity contribution in [1.82, 2.24) is 4.90 Å². The summed E-state index contributed by atoms with van der Waals surface area (Å²) in [5.41, 5.74) is 3.32. The third-order valence-electron chi connectivity index (χ3n) is 6.44. The van der Waals surface area contributed by atoms with Gasteiger partial charge >= 0.3 is 0 Å². The highest BCUT2D eigenvalue weighted by molar-refractivity contribution is 6.02. The highest BCUT2D eigenvalue weighted by Crippen LogP contribution is 2.35. The molecule has 0 aliphatic carbocycles. The topological polar surface area (TPSA) is 65.8 Å². The van der Waals surface area contributed by atoms with Crippen molar-refractivity contribution in [3.8, 4) is 17.6 Å². The van der Waals surface area contributed by atoms with Crippen LogP contribution in [0.1, 0.15) is 23.6 Å². The average molecular weight is 526 g/mol. The van der Waals surface area contributed by atoms with Gasteiger partial charge in [0.05, 0.1) is 6.61 Å². The Kier molecular flexibility index (Phi) is 9.36. The SMILES string of the molecule is C=CCc1cc(/C=C(/C#N)C(=O)N2CCN(c3ccccc3)CC2)cc(OCC)c1OCc1cccc(F)c1. The highest BCUT2D eigenvalue weighted by atomic mass is 19.1. The minimum Gasteiger partial charge on any atom is -0.490 e. The molecule has 0 spiro atoms. The molecule has 1 aliphatic rings. The van der Waals surface area contributed by atoms with Crippen LogP contribution in [-0.2, 0) is 17.8 Å². The van der Waals surface area contributed by atoms with Gasteiger partial charge in [-0.3, -0.25) is 4.79 Å². The van der Waals surface area contributed by atoms with Crippen LogP contribution in [0.3, 0.4) is 0 Å². The zero-order chi connectivity index (χ0) is 27.6. The number of ether oxygens (including phenoxy) is 2. The van der Waals surface area contributed by atoms with Gasteiger partial charge in [0.25, 0.3) is 5.91 Å². The van der Waals surface area contributed by atoms with E-state index in [0.717, 1.165) is 11.3 Å². The van der Waals surface area contributed by atoms with Crippen LogP contribution < -0.4 is 14.4 Å².